The van der Waals surface area contributed by atoms with Gasteiger partial charge in [-0.1, -0.05) is 0 Å². The Labute approximate surface area is 81.3 Å². The largest absolute Gasteiger partial charge is 0.437 e. The molecule has 1 N–H and O–H groups in total. The summed E-state index contributed by atoms with van der Waals surface area (Å²) in [4.78, 5) is 1.61. The number of halogens is 2. The average Bonchev–Trinajstić information content (AvgIpc) is 2.57. The Balaban J connectivity index is 2.38. The van der Waals surface area contributed by atoms with Crippen LogP contribution in [-0.4, -0.2) is 16.9 Å². The lowest BCUT2D eigenvalue weighted by Crippen LogP contribution is -2.32. The number of hydrogen-bond donors (Lipinski definition) is 1. The van der Waals surface area contributed by atoms with Crippen LogP contribution < -0.4 is 0 Å². The summed E-state index contributed by atoms with van der Waals surface area (Å²) in [6, 6.07) is 2.25. The van der Waals surface area contributed by atoms with E-state index in [4.69, 9.17) is 0 Å². The van der Waals surface area contributed by atoms with Crippen molar-refractivity contribution in [3.8, 4) is 0 Å². The minimum absolute atomic E-state index is 0.274. The lowest BCUT2D eigenvalue weighted by molar-refractivity contribution is 0.376. The van der Waals surface area contributed by atoms with Gasteiger partial charge in [-0.2, -0.15) is 0 Å². The van der Waals surface area contributed by atoms with Crippen LogP contribution in [0.15, 0.2) is 12.1 Å². The van der Waals surface area contributed by atoms with Gasteiger partial charge in [0.15, 0.2) is 0 Å². The Morgan fingerprint density at radius 3 is 2.00 bits per heavy atom. The Hall–Kier alpha value is -0.935. The first-order chi connectivity index (χ1) is 6.59. The molecule has 14 heavy (non-hydrogen) atoms. The topological polar surface area (TPSA) is 23.5 Å². The zero-order valence-corrected chi connectivity index (χ0v) is 7.80. The standard InChI is InChI=1S/C9H10BF2NO/c1-10(14)13-4-6-7(5-13)9(12)3-2-8(6)11/h2-3,14H,4-5H2,1H3. The lowest BCUT2D eigenvalue weighted by atomic mass is 9.86. The summed E-state index contributed by atoms with van der Waals surface area (Å²) in [6.45, 7) is 2.13. The predicted molar refractivity (Wildman–Crippen MR) is 49.4 cm³/mol. The molecule has 1 aliphatic heterocycles. The molecule has 0 aromatic heterocycles. The zero-order valence-electron chi connectivity index (χ0n) is 7.80. The molecular weight excluding hydrogens is 187 g/mol. The van der Waals surface area contributed by atoms with Crippen molar-refractivity contribution in [2.75, 3.05) is 0 Å². The van der Waals surface area contributed by atoms with Gasteiger partial charge in [0.25, 0.3) is 0 Å². The molecule has 0 bridgehead atoms. The summed E-state index contributed by atoms with van der Waals surface area (Å²) in [6.07, 6.45) is 0. The first-order valence-electron chi connectivity index (χ1n) is 4.47. The number of nitrogens with zero attached hydrogens (tertiary/aromatic N) is 1. The van der Waals surface area contributed by atoms with Gasteiger partial charge in [-0.25, -0.2) is 8.78 Å². The maximum atomic E-state index is 13.2. The van der Waals surface area contributed by atoms with Crippen LogP contribution in [0.5, 0.6) is 0 Å². The molecule has 0 saturated carbocycles. The molecule has 5 heteroatoms. The van der Waals surface area contributed by atoms with Crippen LogP contribution in [0.2, 0.25) is 6.82 Å². The summed E-state index contributed by atoms with van der Waals surface area (Å²) in [5.74, 6) is -0.797. The molecule has 1 aromatic rings. The van der Waals surface area contributed by atoms with Crippen LogP contribution in [0.4, 0.5) is 8.78 Å². The van der Waals surface area contributed by atoms with Crippen molar-refractivity contribution in [3.05, 3.63) is 34.9 Å². The van der Waals surface area contributed by atoms with E-state index in [1.807, 2.05) is 0 Å². The fraction of sp³-hybridized carbons (Fsp3) is 0.333. The van der Waals surface area contributed by atoms with Crippen molar-refractivity contribution in [2.45, 2.75) is 19.9 Å². The molecule has 0 spiro atoms. The van der Waals surface area contributed by atoms with Crippen LogP contribution in [0, 0.1) is 11.6 Å². The van der Waals surface area contributed by atoms with Gasteiger partial charge < -0.3 is 9.83 Å². The maximum Gasteiger partial charge on any atom is 0.376 e. The van der Waals surface area contributed by atoms with Crippen LogP contribution in [0.25, 0.3) is 0 Å². The Bertz CT molecular complexity index is 339. The summed E-state index contributed by atoms with van der Waals surface area (Å²) < 4.78 is 26.5. The van der Waals surface area contributed by atoms with E-state index in [1.54, 1.807) is 11.6 Å². The van der Waals surface area contributed by atoms with Gasteiger partial charge in [0.1, 0.15) is 11.6 Å². The van der Waals surface area contributed by atoms with Crippen LogP contribution in [0.1, 0.15) is 11.1 Å². The third-order valence-electron chi connectivity index (χ3n) is 2.57. The van der Waals surface area contributed by atoms with Gasteiger partial charge in [-0.15, -0.1) is 0 Å². The third kappa shape index (κ3) is 1.42. The molecular formula is C9H10BF2NO. The van der Waals surface area contributed by atoms with E-state index in [9.17, 15) is 13.8 Å². The molecule has 2 rings (SSSR count). The molecule has 0 amide bonds. The summed E-state index contributed by atoms with van der Waals surface area (Å²) >= 11 is 0. The van der Waals surface area contributed by atoms with E-state index in [-0.39, 0.29) is 13.1 Å². The van der Waals surface area contributed by atoms with Crippen LogP contribution in [-0.2, 0) is 13.1 Å². The van der Waals surface area contributed by atoms with Gasteiger partial charge >= 0.3 is 7.05 Å². The predicted octanol–water partition coefficient (Wildman–Crippen LogP) is 1.39. The second-order valence-electron chi connectivity index (χ2n) is 3.52. The highest BCUT2D eigenvalue weighted by atomic mass is 19.1. The summed E-state index contributed by atoms with van der Waals surface area (Å²) in [5.41, 5.74) is 0.733. The molecule has 0 unspecified atom stereocenters. The molecule has 1 aromatic carbocycles. The van der Waals surface area contributed by atoms with Crippen molar-refractivity contribution in [2.24, 2.45) is 0 Å². The fourth-order valence-electron chi connectivity index (χ4n) is 1.70. The van der Waals surface area contributed by atoms with E-state index >= 15 is 0 Å². The monoisotopic (exact) mass is 197 g/mol. The molecule has 0 atom stereocenters. The first-order valence-corrected chi connectivity index (χ1v) is 4.47. The summed E-state index contributed by atoms with van der Waals surface area (Å²) in [7, 11) is -0.679. The van der Waals surface area contributed by atoms with Crippen LogP contribution >= 0.6 is 0 Å². The smallest absolute Gasteiger partial charge is 0.376 e. The molecule has 0 fully saturated rings. The highest BCUT2D eigenvalue weighted by Crippen LogP contribution is 2.27. The minimum Gasteiger partial charge on any atom is -0.437 e. The van der Waals surface area contributed by atoms with Gasteiger partial charge in [0.2, 0.25) is 0 Å². The van der Waals surface area contributed by atoms with E-state index < -0.39 is 18.7 Å². The van der Waals surface area contributed by atoms with Crippen molar-refractivity contribution in [3.63, 3.8) is 0 Å². The number of hydrogen-bond acceptors (Lipinski definition) is 2. The Morgan fingerprint density at radius 2 is 1.64 bits per heavy atom. The number of benzene rings is 1. The maximum absolute atomic E-state index is 13.2. The second-order valence-corrected chi connectivity index (χ2v) is 3.52. The van der Waals surface area contributed by atoms with Crippen molar-refractivity contribution in [1.82, 2.24) is 4.81 Å². The number of rotatable bonds is 1. The average molecular weight is 197 g/mol. The molecule has 2 nitrogen and oxygen atoms in total. The van der Waals surface area contributed by atoms with E-state index in [0.717, 1.165) is 12.1 Å². The lowest BCUT2D eigenvalue weighted by Gasteiger charge is -2.14. The zero-order chi connectivity index (χ0) is 10.3. The Kier molecular flexibility index (Phi) is 2.29. The van der Waals surface area contributed by atoms with Gasteiger partial charge in [0, 0.05) is 24.2 Å². The molecule has 0 radical (unpaired) electrons. The fourth-order valence-corrected chi connectivity index (χ4v) is 1.70. The van der Waals surface area contributed by atoms with Crippen LogP contribution in [0.3, 0.4) is 0 Å². The quantitative estimate of drug-likeness (QED) is 0.687. The third-order valence-corrected chi connectivity index (χ3v) is 2.57. The second kappa shape index (κ2) is 3.33. The SMILES string of the molecule is CB(O)N1Cc2c(F)ccc(F)c2C1. The highest BCUT2D eigenvalue weighted by molar-refractivity contribution is 6.45. The van der Waals surface area contributed by atoms with Gasteiger partial charge in [-0.3, -0.25) is 0 Å². The van der Waals surface area contributed by atoms with Crippen molar-refractivity contribution >= 4 is 7.05 Å². The van der Waals surface area contributed by atoms with E-state index in [1.165, 1.54) is 0 Å². The normalized spacial score (nSPS) is 15.7. The molecule has 74 valence electrons. The molecule has 1 aliphatic rings. The summed E-state index contributed by atoms with van der Waals surface area (Å²) in [5, 5.41) is 9.29. The Morgan fingerprint density at radius 1 is 1.21 bits per heavy atom. The molecule has 1 heterocycles. The van der Waals surface area contributed by atoms with Gasteiger partial charge in [0.05, 0.1) is 0 Å². The van der Waals surface area contributed by atoms with E-state index in [2.05, 4.69) is 0 Å². The van der Waals surface area contributed by atoms with Crippen molar-refractivity contribution < 1.29 is 13.8 Å². The number of fused-ring (bicyclic) bond motifs is 1. The van der Waals surface area contributed by atoms with Gasteiger partial charge in [-0.05, 0) is 19.0 Å². The molecule has 0 aliphatic carbocycles. The molecule has 0 saturated heterocycles. The van der Waals surface area contributed by atoms with Crippen molar-refractivity contribution in [1.29, 1.82) is 0 Å². The minimum atomic E-state index is -0.679. The van der Waals surface area contributed by atoms with E-state index in [0.29, 0.717) is 11.1 Å². The first kappa shape index (κ1) is 9.61. The highest BCUT2D eigenvalue weighted by Gasteiger charge is 2.28.